The van der Waals surface area contributed by atoms with Gasteiger partial charge in [0.2, 0.25) is 0 Å². The second-order valence-electron chi connectivity index (χ2n) is 5.86. The largest absolute Gasteiger partial charge is 0.492 e. The van der Waals surface area contributed by atoms with Crippen molar-refractivity contribution in [3.63, 3.8) is 0 Å². The molecular weight excluding hydrogens is 527 g/mol. The van der Waals surface area contributed by atoms with Crippen molar-refractivity contribution in [3.05, 3.63) is 44.9 Å². The van der Waals surface area contributed by atoms with Gasteiger partial charge in [-0.05, 0) is 39.0 Å². The summed E-state index contributed by atoms with van der Waals surface area (Å²) in [5.74, 6) is 1.000. The van der Waals surface area contributed by atoms with Crippen LogP contribution in [0.4, 0.5) is 0 Å². The van der Waals surface area contributed by atoms with Gasteiger partial charge in [0.1, 0.15) is 22.2 Å². The van der Waals surface area contributed by atoms with Crippen LogP contribution in [-0.2, 0) is 4.74 Å². The number of thiazole rings is 1. The highest BCUT2D eigenvalue weighted by molar-refractivity contribution is 14.0. The molecule has 1 aromatic heterocycles. The molecule has 0 aliphatic rings. The lowest BCUT2D eigenvalue weighted by molar-refractivity contribution is 0.0531. The van der Waals surface area contributed by atoms with Crippen LogP contribution < -0.4 is 15.4 Å². The maximum absolute atomic E-state index is 12.0. The van der Waals surface area contributed by atoms with E-state index < -0.39 is 0 Å². The fourth-order valence-electron chi connectivity index (χ4n) is 2.35. The van der Waals surface area contributed by atoms with Crippen LogP contribution in [0.2, 0.25) is 5.02 Å². The first-order chi connectivity index (χ1) is 13.4. The molecule has 2 aromatic rings. The number of carbonyl (C=O) groups excluding carboxylic acids is 1. The number of guanidine groups is 1. The Kier molecular flexibility index (Phi) is 11.3. The Hall–Kier alpha value is -1.59. The van der Waals surface area contributed by atoms with Crippen molar-refractivity contribution in [1.29, 1.82) is 0 Å². The standard InChI is InChI=1S/C19H25ClN4O3S.HI/c1-5-26-18(25)16-12(2)23-17(28-16)13(3)24-19(21-4)22-9-10-27-15-8-6-7-14(20)11-15;/h6-8,11,13H,5,9-10H2,1-4H3,(H2,21,22,24);1H. The summed E-state index contributed by atoms with van der Waals surface area (Å²) in [4.78, 5) is 21.2. The van der Waals surface area contributed by atoms with Crippen molar-refractivity contribution in [2.24, 2.45) is 4.99 Å². The van der Waals surface area contributed by atoms with Crippen molar-refractivity contribution in [3.8, 4) is 5.75 Å². The molecule has 0 amide bonds. The molecule has 0 fully saturated rings. The molecule has 1 atom stereocenters. The van der Waals surface area contributed by atoms with Crippen molar-refractivity contribution in [1.82, 2.24) is 15.6 Å². The number of carbonyl (C=O) groups is 1. The lowest BCUT2D eigenvalue weighted by Gasteiger charge is -2.16. The summed E-state index contributed by atoms with van der Waals surface area (Å²) in [7, 11) is 1.69. The number of hydrogen-bond acceptors (Lipinski definition) is 6. The second-order valence-corrected chi connectivity index (χ2v) is 7.33. The lowest BCUT2D eigenvalue weighted by Crippen LogP contribution is -2.40. The van der Waals surface area contributed by atoms with Gasteiger partial charge >= 0.3 is 5.97 Å². The van der Waals surface area contributed by atoms with E-state index in [4.69, 9.17) is 21.1 Å². The van der Waals surface area contributed by atoms with E-state index in [1.54, 1.807) is 33.0 Å². The first kappa shape index (κ1) is 25.4. The van der Waals surface area contributed by atoms with Gasteiger partial charge in [-0.2, -0.15) is 0 Å². The summed E-state index contributed by atoms with van der Waals surface area (Å²) in [5.41, 5.74) is 0.671. The van der Waals surface area contributed by atoms with Gasteiger partial charge in [0.25, 0.3) is 0 Å². The van der Waals surface area contributed by atoms with Gasteiger partial charge in [0, 0.05) is 12.1 Å². The molecule has 2 N–H and O–H groups in total. The average Bonchev–Trinajstić information content (AvgIpc) is 3.06. The molecule has 0 bridgehead atoms. The number of hydrogen-bond donors (Lipinski definition) is 2. The molecule has 10 heteroatoms. The van der Waals surface area contributed by atoms with Crippen LogP contribution in [-0.4, -0.2) is 43.7 Å². The molecule has 0 radical (unpaired) electrons. The Bertz CT molecular complexity index is 832. The molecule has 7 nitrogen and oxygen atoms in total. The topological polar surface area (TPSA) is 84.8 Å². The Morgan fingerprint density at radius 1 is 1.41 bits per heavy atom. The maximum atomic E-state index is 12.0. The third kappa shape index (κ3) is 7.98. The molecule has 1 aromatic carbocycles. The Morgan fingerprint density at radius 3 is 2.83 bits per heavy atom. The van der Waals surface area contributed by atoms with E-state index in [1.165, 1.54) is 11.3 Å². The predicted molar refractivity (Wildman–Crippen MR) is 128 cm³/mol. The first-order valence-corrected chi connectivity index (χ1v) is 10.1. The predicted octanol–water partition coefficient (Wildman–Crippen LogP) is 4.20. The van der Waals surface area contributed by atoms with E-state index in [-0.39, 0.29) is 36.0 Å². The van der Waals surface area contributed by atoms with Crippen LogP contribution in [0.5, 0.6) is 5.75 Å². The molecular formula is C19H26ClIN4O3S. The summed E-state index contributed by atoms with van der Waals surface area (Å²) >= 11 is 7.26. The summed E-state index contributed by atoms with van der Waals surface area (Å²) in [5, 5.41) is 7.87. The van der Waals surface area contributed by atoms with Crippen molar-refractivity contribution in [2.45, 2.75) is 26.8 Å². The maximum Gasteiger partial charge on any atom is 0.350 e. The zero-order valence-electron chi connectivity index (χ0n) is 16.8. The van der Waals surface area contributed by atoms with E-state index in [0.29, 0.717) is 41.3 Å². The van der Waals surface area contributed by atoms with E-state index >= 15 is 0 Å². The lowest BCUT2D eigenvalue weighted by atomic mass is 10.3. The number of rotatable bonds is 8. The van der Waals surface area contributed by atoms with Gasteiger partial charge in [-0.3, -0.25) is 4.99 Å². The zero-order valence-corrected chi connectivity index (χ0v) is 20.7. The fourth-order valence-corrected chi connectivity index (χ4v) is 3.49. The number of esters is 1. The minimum Gasteiger partial charge on any atom is -0.492 e. The number of aryl methyl sites for hydroxylation is 1. The minimum absolute atomic E-state index is 0. The molecule has 29 heavy (non-hydrogen) atoms. The number of benzene rings is 1. The van der Waals surface area contributed by atoms with Crippen LogP contribution in [0.3, 0.4) is 0 Å². The minimum atomic E-state index is -0.336. The van der Waals surface area contributed by atoms with E-state index in [1.807, 2.05) is 19.1 Å². The third-order valence-electron chi connectivity index (χ3n) is 3.68. The molecule has 1 unspecified atom stereocenters. The number of ether oxygens (including phenoxy) is 2. The van der Waals surface area contributed by atoms with Crippen LogP contribution >= 0.6 is 46.9 Å². The van der Waals surface area contributed by atoms with Gasteiger partial charge in [0.05, 0.1) is 24.9 Å². The molecule has 0 spiro atoms. The van der Waals surface area contributed by atoms with Crippen LogP contribution in [0.15, 0.2) is 29.3 Å². The fraction of sp³-hybridized carbons (Fsp3) is 0.421. The smallest absolute Gasteiger partial charge is 0.350 e. The first-order valence-electron chi connectivity index (χ1n) is 8.94. The summed E-state index contributed by atoms with van der Waals surface area (Å²) in [6, 6.07) is 7.14. The molecule has 0 saturated carbocycles. The SMILES string of the molecule is CCOC(=O)c1sc(C(C)NC(=NC)NCCOc2cccc(Cl)c2)nc1C.I. The van der Waals surface area contributed by atoms with Gasteiger partial charge in [-0.15, -0.1) is 35.3 Å². The molecule has 2 rings (SSSR count). The Morgan fingerprint density at radius 2 is 2.17 bits per heavy atom. The van der Waals surface area contributed by atoms with E-state index in [0.717, 1.165) is 10.8 Å². The van der Waals surface area contributed by atoms with Gasteiger partial charge in [-0.25, -0.2) is 9.78 Å². The van der Waals surface area contributed by atoms with Crippen molar-refractivity contribution < 1.29 is 14.3 Å². The summed E-state index contributed by atoms with van der Waals surface area (Å²) in [6.45, 7) is 6.91. The Labute approximate surface area is 197 Å². The number of nitrogens with one attached hydrogen (secondary N) is 2. The molecule has 1 heterocycles. The molecule has 160 valence electrons. The van der Waals surface area contributed by atoms with Crippen molar-refractivity contribution in [2.75, 3.05) is 26.8 Å². The average molecular weight is 553 g/mol. The van der Waals surface area contributed by atoms with Crippen LogP contribution in [0, 0.1) is 6.92 Å². The number of halogens is 2. The van der Waals surface area contributed by atoms with Gasteiger partial charge in [0.15, 0.2) is 5.96 Å². The second kappa shape index (κ2) is 12.9. The van der Waals surface area contributed by atoms with Crippen molar-refractivity contribution >= 4 is 58.8 Å². The molecule has 0 aliphatic heterocycles. The molecule has 0 aliphatic carbocycles. The van der Waals surface area contributed by atoms with Crippen LogP contribution in [0.25, 0.3) is 0 Å². The zero-order chi connectivity index (χ0) is 20.5. The highest BCUT2D eigenvalue weighted by atomic mass is 127. The summed E-state index contributed by atoms with van der Waals surface area (Å²) in [6.07, 6.45) is 0. The highest BCUT2D eigenvalue weighted by Crippen LogP contribution is 2.24. The molecule has 0 saturated heterocycles. The highest BCUT2D eigenvalue weighted by Gasteiger charge is 2.20. The number of aliphatic imine (C=N–C) groups is 1. The quantitative estimate of drug-likeness (QED) is 0.168. The van der Waals surface area contributed by atoms with Gasteiger partial charge < -0.3 is 20.1 Å². The number of nitrogens with zero attached hydrogens (tertiary/aromatic N) is 2. The van der Waals surface area contributed by atoms with Gasteiger partial charge in [-0.1, -0.05) is 17.7 Å². The Balaban J connectivity index is 0.00000420. The summed E-state index contributed by atoms with van der Waals surface area (Å²) < 4.78 is 10.7. The monoisotopic (exact) mass is 552 g/mol. The third-order valence-corrected chi connectivity index (χ3v) is 5.24. The normalized spacial score (nSPS) is 12.0. The number of aromatic nitrogens is 1. The van der Waals surface area contributed by atoms with E-state index in [2.05, 4.69) is 20.6 Å². The van der Waals surface area contributed by atoms with Crippen LogP contribution in [0.1, 0.15) is 40.3 Å². The van der Waals surface area contributed by atoms with E-state index in [9.17, 15) is 4.79 Å².